The number of carbonyl (C=O) groups excluding carboxylic acids is 1. The molecule has 0 bridgehead atoms. The van der Waals surface area contributed by atoms with Gasteiger partial charge in [0.25, 0.3) is 5.82 Å². The minimum atomic E-state index is -1.12. The molecular weight excluding hydrogens is 324 g/mol. The summed E-state index contributed by atoms with van der Waals surface area (Å²) in [5, 5.41) is 10.9. The van der Waals surface area contributed by atoms with Crippen LogP contribution in [0.5, 0.6) is 0 Å². The Morgan fingerprint density at radius 3 is 2.35 bits per heavy atom. The molecule has 1 heterocycles. The predicted octanol–water partition coefficient (Wildman–Crippen LogP) is 3.50. The Bertz CT molecular complexity index is 674. The molecule has 0 spiro atoms. The van der Waals surface area contributed by atoms with Crippen LogP contribution in [0.1, 0.15) is 80.5 Å². The van der Waals surface area contributed by atoms with Gasteiger partial charge in [0.2, 0.25) is 0 Å². The third kappa shape index (κ3) is 6.01. The van der Waals surface area contributed by atoms with Gasteiger partial charge in [0.15, 0.2) is 0 Å². The number of hydrogen-bond donors (Lipinski definition) is 0. The number of aryl methyl sites for hydroxylation is 1. The molecule has 0 aliphatic carbocycles. The highest BCUT2D eigenvalue weighted by Gasteiger charge is 2.16. The maximum atomic E-state index is 10.9. The first kappa shape index (κ1) is 20.2. The van der Waals surface area contributed by atoms with Gasteiger partial charge in [0, 0.05) is 6.42 Å². The van der Waals surface area contributed by atoms with Crippen LogP contribution in [0.3, 0.4) is 0 Å². The lowest BCUT2D eigenvalue weighted by Gasteiger charge is -2.07. The summed E-state index contributed by atoms with van der Waals surface area (Å²) in [6.07, 6.45) is 14.3. The van der Waals surface area contributed by atoms with Crippen molar-refractivity contribution in [2.45, 2.75) is 78.3 Å². The SMILES string of the molecule is CCCCCCCCc1n(CCC)cc[n+]1Cc1ccc(C(=O)[O-])cc1. The van der Waals surface area contributed by atoms with E-state index in [1.165, 1.54) is 44.3 Å². The first-order valence-corrected chi connectivity index (χ1v) is 10.0. The molecule has 1 aromatic carbocycles. The van der Waals surface area contributed by atoms with Gasteiger partial charge in [0.1, 0.15) is 18.9 Å². The lowest BCUT2D eigenvalue weighted by molar-refractivity contribution is -0.695. The van der Waals surface area contributed by atoms with E-state index in [2.05, 4.69) is 35.4 Å². The number of aromatic nitrogens is 2. The van der Waals surface area contributed by atoms with Crippen molar-refractivity contribution in [1.29, 1.82) is 0 Å². The van der Waals surface area contributed by atoms with Crippen LogP contribution >= 0.6 is 0 Å². The van der Waals surface area contributed by atoms with Crippen molar-refractivity contribution >= 4 is 5.97 Å². The largest absolute Gasteiger partial charge is 0.545 e. The molecule has 26 heavy (non-hydrogen) atoms. The van der Waals surface area contributed by atoms with Crippen LogP contribution in [0.15, 0.2) is 36.7 Å². The summed E-state index contributed by atoms with van der Waals surface area (Å²) < 4.78 is 4.66. The molecule has 0 amide bonds. The van der Waals surface area contributed by atoms with Crippen molar-refractivity contribution in [2.75, 3.05) is 0 Å². The molecule has 2 rings (SSSR count). The van der Waals surface area contributed by atoms with Crippen molar-refractivity contribution in [1.82, 2.24) is 4.57 Å². The molecule has 0 unspecified atom stereocenters. The van der Waals surface area contributed by atoms with E-state index in [0.29, 0.717) is 0 Å². The molecule has 0 atom stereocenters. The van der Waals surface area contributed by atoms with E-state index in [-0.39, 0.29) is 5.56 Å². The first-order valence-electron chi connectivity index (χ1n) is 10.0. The fourth-order valence-electron chi connectivity index (χ4n) is 3.38. The highest BCUT2D eigenvalue weighted by molar-refractivity contribution is 5.85. The van der Waals surface area contributed by atoms with Gasteiger partial charge in [-0.15, -0.1) is 0 Å². The normalized spacial score (nSPS) is 11.0. The Morgan fingerprint density at radius 1 is 1.00 bits per heavy atom. The van der Waals surface area contributed by atoms with Crippen LogP contribution in [0.25, 0.3) is 0 Å². The minimum Gasteiger partial charge on any atom is -0.545 e. The number of carbonyl (C=O) groups is 1. The highest BCUT2D eigenvalue weighted by Crippen LogP contribution is 2.10. The zero-order valence-electron chi connectivity index (χ0n) is 16.2. The van der Waals surface area contributed by atoms with Gasteiger partial charge in [0.05, 0.1) is 12.5 Å². The number of carboxylic acid groups (broad SMARTS) is 1. The molecule has 4 heteroatoms. The molecule has 0 fully saturated rings. The maximum Gasteiger partial charge on any atom is 0.256 e. The van der Waals surface area contributed by atoms with Crippen LogP contribution in [0, 0.1) is 0 Å². The molecule has 0 saturated carbocycles. The Labute approximate surface area is 157 Å². The van der Waals surface area contributed by atoms with E-state index < -0.39 is 5.97 Å². The van der Waals surface area contributed by atoms with Gasteiger partial charge >= 0.3 is 0 Å². The Balaban J connectivity index is 2.01. The molecule has 0 aliphatic rings. The van der Waals surface area contributed by atoms with Gasteiger partial charge in [-0.3, -0.25) is 0 Å². The topological polar surface area (TPSA) is 48.9 Å². The van der Waals surface area contributed by atoms with Crippen molar-refractivity contribution in [2.24, 2.45) is 0 Å². The van der Waals surface area contributed by atoms with Gasteiger partial charge < -0.3 is 9.90 Å². The van der Waals surface area contributed by atoms with E-state index in [4.69, 9.17) is 0 Å². The quantitative estimate of drug-likeness (QED) is 0.432. The molecule has 142 valence electrons. The number of benzene rings is 1. The number of aromatic carboxylic acids is 1. The second-order valence-corrected chi connectivity index (χ2v) is 7.04. The van der Waals surface area contributed by atoms with Crippen LogP contribution in [-0.4, -0.2) is 10.5 Å². The summed E-state index contributed by atoms with van der Waals surface area (Å²) in [4.78, 5) is 10.9. The smallest absolute Gasteiger partial charge is 0.256 e. The summed E-state index contributed by atoms with van der Waals surface area (Å²) in [5.74, 6) is 0.244. The van der Waals surface area contributed by atoms with E-state index in [1.807, 2.05) is 12.1 Å². The number of imidazole rings is 1. The van der Waals surface area contributed by atoms with Crippen molar-refractivity contribution in [3.05, 3.63) is 53.6 Å². The third-order valence-corrected chi connectivity index (χ3v) is 4.85. The number of rotatable bonds is 12. The molecule has 0 aliphatic heterocycles. The van der Waals surface area contributed by atoms with Crippen molar-refractivity contribution in [3.63, 3.8) is 0 Å². The number of nitrogens with zero attached hydrogens (tertiary/aromatic N) is 2. The first-order chi connectivity index (χ1) is 12.7. The van der Waals surface area contributed by atoms with Crippen LogP contribution < -0.4 is 9.67 Å². The van der Waals surface area contributed by atoms with Gasteiger partial charge in [-0.1, -0.05) is 70.2 Å². The molecule has 4 nitrogen and oxygen atoms in total. The lowest BCUT2D eigenvalue weighted by atomic mass is 10.1. The van der Waals surface area contributed by atoms with Crippen LogP contribution in [0.2, 0.25) is 0 Å². The molecule has 0 N–H and O–H groups in total. The van der Waals surface area contributed by atoms with Gasteiger partial charge in [-0.2, -0.15) is 0 Å². The minimum absolute atomic E-state index is 0.231. The second kappa shape index (κ2) is 10.8. The summed E-state index contributed by atoms with van der Waals surface area (Å²) in [5.41, 5.74) is 1.34. The Kier molecular flexibility index (Phi) is 8.39. The summed E-state index contributed by atoms with van der Waals surface area (Å²) in [6.45, 7) is 6.27. The molecule has 1 aromatic heterocycles. The fourth-order valence-corrected chi connectivity index (χ4v) is 3.38. The van der Waals surface area contributed by atoms with Gasteiger partial charge in [-0.05, 0) is 24.0 Å². The van der Waals surface area contributed by atoms with E-state index in [0.717, 1.165) is 31.5 Å². The zero-order chi connectivity index (χ0) is 18.8. The molecule has 0 saturated heterocycles. The summed E-state index contributed by atoms with van der Waals surface area (Å²) in [6, 6.07) is 7.01. The number of carboxylic acids is 1. The molecule has 0 radical (unpaired) electrons. The third-order valence-electron chi connectivity index (χ3n) is 4.85. The zero-order valence-corrected chi connectivity index (χ0v) is 16.2. The van der Waals surface area contributed by atoms with Crippen LogP contribution in [0.4, 0.5) is 0 Å². The van der Waals surface area contributed by atoms with Crippen molar-refractivity contribution in [3.8, 4) is 0 Å². The molecular formula is C22H32N2O2. The molecule has 2 aromatic rings. The van der Waals surface area contributed by atoms with Gasteiger partial charge in [-0.25, -0.2) is 9.13 Å². The van der Waals surface area contributed by atoms with Crippen molar-refractivity contribution < 1.29 is 14.5 Å². The summed E-state index contributed by atoms with van der Waals surface area (Å²) in [7, 11) is 0. The van der Waals surface area contributed by atoms with E-state index in [9.17, 15) is 9.90 Å². The average molecular weight is 357 g/mol. The summed E-state index contributed by atoms with van der Waals surface area (Å²) >= 11 is 0. The van der Waals surface area contributed by atoms with E-state index in [1.54, 1.807) is 12.1 Å². The maximum absolute atomic E-state index is 10.9. The number of hydrogen-bond acceptors (Lipinski definition) is 2. The second-order valence-electron chi connectivity index (χ2n) is 7.04. The monoisotopic (exact) mass is 356 g/mol. The van der Waals surface area contributed by atoms with E-state index >= 15 is 0 Å². The Hall–Kier alpha value is -2.10. The Morgan fingerprint density at radius 2 is 1.69 bits per heavy atom. The fraction of sp³-hybridized carbons (Fsp3) is 0.545. The standard InChI is InChI=1S/C22H32N2O2/c1-3-5-6-7-8-9-10-21-23(15-4-2)16-17-24(21)18-19-11-13-20(14-12-19)22(25)26/h11-14,16-17H,3-10,15,18H2,1-2H3. The lowest BCUT2D eigenvalue weighted by Crippen LogP contribution is -2.38. The predicted molar refractivity (Wildman–Crippen MR) is 102 cm³/mol. The van der Waals surface area contributed by atoms with Crippen LogP contribution in [-0.2, 0) is 19.5 Å². The highest BCUT2D eigenvalue weighted by atomic mass is 16.4. The number of unbranched alkanes of at least 4 members (excludes halogenated alkanes) is 5. The average Bonchev–Trinajstić information content (AvgIpc) is 3.00.